The van der Waals surface area contributed by atoms with Crippen molar-refractivity contribution in [3.63, 3.8) is 0 Å². The quantitative estimate of drug-likeness (QED) is 0.703. The molecule has 0 saturated carbocycles. The van der Waals surface area contributed by atoms with Crippen LogP contribution in [0, 0.1) is 11.3 Å². The van der Waals surface area contributed by atoms with E-state index >= 15 is 0 Å². The van der Waals surface area contributed by atoms with Crippen LogP contribution in [0.5, 0.6) is 0 Å². The molecule has 0 aromatic heterocycles. The van der Waals surface area contributed by atoms with Crippen LogP contribution >= 0.6 is 0 Å². The van der Waals surface area contributed by atoms with Crippen molar-refractivity contribution in [2.45, 2.75) is 44.7 Å². The lowest BCUT2D eigenvalue weighted by Gasteiger charge is -2.28. The standard InChI is InChI=1S/C10H18N2O/c1-9(2)12-10(8-11)4-3-6-13-7-5-10/h9,12H,3-7H2,1-2H3. The highest BCUT2D eigenvalue weighted by Crippen LogP contribution is 2.20. The molecule has 0 aromatic carbocycles. The first kappa shape index (κ1) is 10.5. The molecule has 1 saturated heterocycles. The molecule has 0 radical (unpaired) electrons. The van der Waals surface area contributed by atoms with Crippen LogP contribution < -0.4 is 5.32 Å². The Hall–Kier alpha value is -0.590. The van der Waals surface area contributed by atoms with E-state index in [1.807, 2.05) is 0 Å². The fourth-order valence-corrected chi connectivity index (χ4v) is 1.79. The molecule has 1 unspecified atom stereocenters. The summed E-state index contributed by atoms with van der Waals surface area (Å²) in [6.45, 7) is 5.65. The van der Waals surface area contributed by atoms with Gasteiger partial charge >= 0.3 is 0 Å². The predicted molar refractivity (Wildman–Crippen MR) is 51.3 cm³/mol. The van der Waals surface area contributed by atoms with Crippen LogP contribution in [-0.2, 0) is 4.74 Å². The van der Waals surface area contributed by atoms with Crippen LogP contribution in [-0.4, -0.2) is 24.8 Å². The summed E-state index contributed by atoms with van der Waals surface area (Å²) in [4.78, 5) is 0. The summed E-state index contributed by atoms with van der Waals surface area (Å²) in [6.07, 6.45) is 2.69. The number of nitrogens with zero attached hydrogens (tertiary/aromatic N) is 1. The third-order valence-corrected chi connectivity index (χ3v) is 2.34. The zero-order chi connectivity index (χ0) is 9.73. The van der Waals surface area contributed by atoms with Crippen molar-refractivity contribution in [2.75, 3.05) is 13.2 Å². The molecule has 1 aliphatic rings. The van der Waals surface area contributed by atoms with E-state index in [1.165, 1.54) is 0 Å². The molecule has 0 aliphatic carbocycles. The lowest BCUT2D eigenvalue weighted by Crippen LogP contribution is -2.47. The molecule has 1 rings (SSSR count). The smallest absolute Gasteiger partial charge is 0.109 e. The lowest BCUT2D eigenvalue weighted by atomic mass is 9.91. The largest absolute Gasteiger partial charge is 0.381 e. The number of nitrogens with one attached hydrogen (secondary N) is 1. The summed E-state index contributed by atoms with van der Waals surface area (Å²) in [5.74, 6) is 0. The van der Waals surface area contributed by atoms with Crippen molar-refractivity contribution in [2.24, 2.45) is 0 Å². The number of rotatable bonds is 2. The molecule has 0 aromatic rings. The van der Waals surface area contributed by atoms with E-state index in [0.717, 1.165) is 25.9 Å². The number of nitriles is 1. The second-order valence-corrected chi connectivity index (χ2v) is 3.96. The Morgan fingerprint density at radius 3 is 2.77 bits per heavy atom. The molecule has 13 heavy (non-hydrogen) atoms. The van der Waals surface area contributed by atoms with Gasteiger partial charge in [-0.1, -0.05) is 0 Å². The van der Waals surface area contributed by atoms with Crippen LogP contribution in [0.25, 0.3) is 0 Å². The lowest BCUT2D eigenvalue weighted by molar-refractivity contribution is 0.139. The Morgan fingerprint density at radius 1 is 1.38 bits per heavy atom. The van der Waals surface area contributed by atoms with E-state index in [-0.39, 0.29) is 5.54 Å². The molecule has 0 bridgehead atoms. The predicted octanol–water partition coefficient (Wildman–Crippen LogP) is 1.45. The Morgan fingerprint density at radius 2 is 2.15 bits per heavy atom. The summed E-state index contributed by atoms with van der Waals surface area (Å²) in [5.41, 5.74) is -0.343. The van der Waals surface area contributed by atoms with Crippen LogP contribution in [0.1, 0.15) is 33.1 Å². The van der Waals surface area contributed by atoms with E-state index in [0.29, 0.717) is 12.6 Å². The Balaban J connectivity index is 2.60. The molecule has 3 nitrogen and oxygen atoms in total. The van der Waals surface area contributed by atoms with Gasteiger partial charge in [0.15, 0.2) is 0 Å². The summed E-state index contributed by atoms with van der Waals surface area (Å²) in [7, 11) is 0. The third-order valence-electron chi connectivity index (χ3n) is 2.34. The van der Waals surface area contributed by atoms with Gasteiger partial charge < -0.3 is 4.74 Å². The molecular formula is C10H18N2O. The molecule has 1 fully saturated rings. The first-order valence-electron chi connectivity index (χ1n) is 4.95. The second-order valence-electron chi connectivity index (χ2n) is 3.96. The maximum atomic E-state index is 9.15. The van der Waals surface area contributed by atoms with Gasteiger partial charge in [0.1, 0.15) is 5.54 Å². The number of hydrogen-bond donors (Lipinski definition) is 1. The van der Waals surface area contributed by atoms with Crippen LogP contribution in [0.4, 0.5) is 0 Å². The van der Waals surface area contributed by atoms with Gasteiger partial charge in [0.05, 0.1) is 6.07 Å². The Labute approximate surface area is 80.1 Å². The average Bonchev–Trinajstić information content (AvgIpc) is 2.30. The van der Waals surface area contributed by atoms with Crippen LogP contribution in [0.2, 0.25) is 0 Å². The zero-order valence-corrected chi connectivity index (χ0v) is 8.47. The monoisotopic (exact) mass is 182 g/mol. The molecule has 0 amide bonds. The number of hydrogen-bond acceptors (Lipinski definition) is 3. The van der Waals surface area contributed by atoms with Crippen molar-refractivity contribution < 1.29 is 4.74 Å². The van der Waals surface area contributed by atoms with Crippen molar-refractivity contribution in [1.29, 1.82) is 5.26 Å². The molecule has 74 valence electrons. The molecule has 1 N–H and O–H groups in total. The summed E-state index contributed by atoms with van der Waals surface area (Å²) in [5, 5.41) is 12.5. The van der Waals surface area contributed by atoms with E-state index in [2.05, 4.69) is 25.2 Å². The molecule has 1 atom stereocenters. The molecule has 1 heterocycles. The first-order chi connectivity index (χ1) is 6.18. The number of ether oxygens (including phenoxy) is 1. The van der Waals surface area contributed by atoms with Gasteiger partial charge in [-0.3, -0.25) is 5.32 Å². The van der Waals surface area contributed by atoms with Crippen LogP contribution in [0.3, 0.4) is 0 Å². The molecule has 0 spiro atoms. The van der Waals surface area contributed by atoms with Crippen LogP contribution in [0.15, 0.2) is 0 Å². The normalized spacial score (nSPS) is 29.7. The SMILES string of the molecule is CC(C)NC1(C#N)CCCOCC1. The maximum Gasteiger partial charge on any atom is 0.109 e. The topological polar surface area (TPSA) is 45.0 Å². The van der Waals surface area contributed by atoms with Gasteiger partial charge in [-0.2, -0.15) is 5.26 Å². The minimum Gasteiger partial charge on any atom is -0.381 e. The van der Waals surface area contributed by atoms with Crippen molar-refractivity contribution in [1.82, 2.24) is 5.32 Å². The van der Waals surface area contributed by atoms with Crippen molar-refractivity contribution in [3.05, 3.63) is 0 Å². The second kappa shape index (κ2) is 4.59. The molecule has 3 heteroatoms. The van der Waals surface area contributed by atoms with Gasteiger partial charge in [0, 0.05) is 25.7 Å². The first-order valence-corrected chi connectivity index (χ1v) is 4.95. The Kier molecular flexibility index (Phi) is 3.71. The minimum atomic E-state index is -0.343. The minimum absolute atomic E-state index is 0.343. The fourth-order valence-electron chi connectivity index (χ4n) is 1.79. The van der Waals surface area contributed by atoms with Gasteiger partial charge in [-0.15, -0.1) is 0 Å². The molecule has 1 aliphatic heterocycles. The van der Waals surface area contributed by atoms with Gasteiger partial charge in [0.2, 0.25) is 0 Å². The third kappa shape index (κ3) is 2.98. The maximum absolute atomic E-state index is 9.15. The highest BCUT2D eigenvalue weighted by Gasteiger charge is 2.31. The van der Waals surface area contributed by atoms with Crippen molar-refractivity contribution >= 4 is 0 Å². The summed E-state index contributed by atoms with van der Waals surface area (Å²) >= 11 is 0. The Bertz CT molecular complexity index is 188. The summed E-state index contributed by atoms with van der Waals surface area (Å²) < 4.78 is 5.34. The van der Waals surface area contributed by atoms with Gasteiger partial charge in [0.25, 0.3) is 0 Å². The zero-order valence-electron chi connectivity index (χ0n) is 8.47. The van der Waals surface area contributed by atoms with E-state index < -0.39 is 0 Å². The van der Waals surface area contributed by atoms with E-state index in [9.17, 15) is 0 Å². The van der Waals surface area contributed by atoms with E-state index in [4.69, 9.17) is 10.00 Å². The average molecular weight is 182 g/mol. The van der Waals surface area contributed by atoms with E-state index in [1.54, 1.807) is 0 Å². The molecular weight excluding hydrogens is 164 g/mol. The highest BCUT2D eigenvalue weighted by molar-refractivity contribution is 5.08. The summed E-state index contributed by atoms with van der Waals surface area (Å²) in [6, 6.07) is 2.76. The fraction of sp³-hybridized carbons (Fsp3) is 0.900. The van der Waals surface area contributed by atoms with Gasteiger partial charge in [-0.05, 0) is 26.7 Å². The van der Waals surface area contributed by atoms with Gasteiger partial charge in [-0.25, -0.2) is 0 Å². The van der Waals surface area contributed by atoms with Crippen molar-refractivity contribution in [3.8, 4) is 6.07 Å². The highest BCUT2D eigenvalue weighted by atomic mass is 16.5.